The molecule has 1 aromatic carbocycles. The second kappa shape index (κ2) is 8.58. The van der Waals surface area contributed by atoms with Gasteiger partial charge in [0.2, 0.25) is 15.8 Å². The minimum atomic E-state index is -4.85. The average molecular weight is 476 g/mol. The summed E-state index contributed by atoms with van der Waals surface area (Å²) in [5.74, 6) is -3.29. The van der Waals surface area contributed by atoms with Crippen molar-refractivity contribution in [3.05, 3.63) is 47.8 Å². The highest BCUT2D eigenvalue weighted by Crippen LogP contribution is 2.33. The van der Waals surface area contributed by atoms with Gasteiger partial charge in [-0.1, -0.05) is 0 Å². The van der Waals surface area contributed by atoms with Gasteiger partial charge in [-0.2, -0.15) is 22.7 Å². The van der Waals surface area contributed by atoms with Crippen LogP contribution in [0.5, 0.6) is 5.75 Å². The molecule has 2 N–H and O–H groups in total. The van der Waals surface area contributed by atoms with Crippen LogP contribution in [-0.4, -0.2) is 64.8 Å². The second-order valence-corrected chi connectivity index (χ2v) is 9.00. The Morgan fingerprint density at radius 2 is 1.97 bits per heavy atom. The molecule has 172 valence electrons. The average Bonchev–Trinajstić information content (AvgIpc) is 3.09. The summed E-state index contributed by atoms with van der Waals surface area (Å²) < 4.78 is 83.3. The molecule has 1 fully saturated rings. The molecule has 2 aromatic rings. The molecular formula is C18H16F4N4O5S. The van der Waals surface area contributed by atoms with Crippen molar-refractivity contribution in [3.63, 3.8) is 0 Å². The van der Waals surface area contributed by atoms with Crippen LogP contribution < -0.4 is 4.74 Å². The first-order chi connectivity index (χ1) is 14.9. The summed E-state index contributed by atoms with van der Waals surface area (Å²) in [6, 6.07) is 5.07. The maximum Gasteiger partial charge on any atom is 0.451 e. The molecule has 0 aliphatic carbocycles. The molecule has 0 bridgehead atoms. The van der Waals surface area contributed by atoms with Crippen LogP contribution in [0.3, 0.4) is 0 Å². The summed E-state index contributed by atoms with van der Waals surface area (Å²) in [4.78, 5) is 5.43. The molecule has 3 rings (SSSR count). The van der Waals surface area contributed by atoms with E-state index in [2.05, 4.69) is 9.97 Å². The quantitative estimate of drug-likeness (QED) is 0.588. The first kappa shape index (κ1) is 23.8. The van der Waals surface area contributed by atoms with E-state index in [1.165, 1.54) is 12.1 Å². The highest BCUT2D eigenvalue weighted by molar-refractivity contribution is 7.89. The molecule has 0 saturated carbocycles. The van der Waals surface area contributed by atoms with E-state index in [9.17, 15) is 36.2 Å². The number of hydrogen-bond donors (Lipinski definition) is 2. The molecule has 2 atom stereocenters. The Kier molecular flexibility index (Phi) is 6.38. The van der Waals surface area contributed by atoms with E-state index in [-0.39, 0.29) is 24.5 Å². The molecule has 0 spiro atoms. The number of alkyl halides is 3. The zero-order valence-electron chi connectivity index (χ0n) is 16.1. The number of aliphatic hydroxyl groups excluding tert-OH is 1. The Balaban J connectivity index is 1.77. The van der Waals surface area contributed by atoms with E-state index >= 15 is 0 Å². The Hall–Kier alpha value is -2.86. The van der Waals surface area contributed by atoms with Gasteiger partial charge in [-0.05, 0) is 12.1 Å². The van der Waals surface area contributed by atoms with E-state index in [0.717, 1.165) is 10.4 Å². The van der Waals surface area contributed by atoms with Gasteiger partial charge < -0.3 is 14.9 Å². The molecule has 1 saturated heterocycles. The SMILES string of the molecule is N#Cc1ccc(OC[C@H]2CN(S(=O)(=O)c3cnc(C(F)(F)F)nc3)C[C@@]2(O)CO)cc1F. The van der Waals surface area contributed by atoms with Crippen LogP contribution in [0.4, 0.5) is 17.6 Å². The fraction of sp³-hybridized carbons (Fsp3) is 0.389. The van der Waals surface area contributed by atoms with Gasteiger partial charge in [0.15, 0.2) is 0 Å². The van der Waals surface area contributed by atoms with Gasteiger partial charge in [0.25, 0.3) is 0 Å². The number of nitriles is 1. The molecule has 1 aliphatic heterocycles. The molecule has 1 aromatic heterocycles. The Morgan fingerprint density at radius 1 is 1.31 bits per heavy atom. The van der Waals surface area contributed by atoms with E-state index < -0.39 is 57.4 Å². The van der Waals surface area contributed by atoms with Gasteiger partial charge in [-0.25, -0.2) is 22.8 Å². The smallest absolute Gasteiger partial charge is 0.451 e. The third-order valence-corrected chi connectivity index (χ3v) is 6.70. The van der Waals surface area contributed by atoms with Gasteiger partial charge in [-0.3, -0.25) is 0 Å². The molecule has 0 unspecified atom stereocenters. The lowest BCUT2D eigenvalue weighted by molar-refractivity contribution is -0.145. The lowest BCUT2D eigenvalue weighted by Gasteiger charge is -2.26. The number of aromatic nitrogens is 2. The molecule has 0 amide bonds. The molecular weight excluding hydrogens is 460 g/mol. The number of hydrogen-bond acceptors (Lipinski definition) is 8. The van der Waals surface area contributed by atoms with E-state index in [1.807, 2.05) is 0 Å². The fourth-order valence-electron chi connectivity index (χ4n) is 3.10. The van der Waals surface area contributed by atoms with Gasteiger partial charge in [0.05, 0.1) is 31.2 Å². The Bertz CT molecular complexity index is 1140. The molecule has 1 aliphatic rings. The molecule has 32 heavy (non-hydrogen) atoms. The van der Waals surface area contributed by atoms with Crippen molar-refractivity contribution in [1.82, 2.24) is 14.3 Å². The number of β-amino-alcohol motifs (C(OH)–C–C–N with tert-alkyl or cyclic N) is 1. The standard InChI is InChI=1S/C18H16F4N4O5S/c19-15-3-13(2-1-11(15)4-23)31-8-12-7-26(9-17(12,28)10-27)32(29,30)14-5-24-16(25-6-14)18(20,21)22/h1-3,5-6,12,27-28H,7-10H2/t12-,17-/m1/s1. The normalized spacial score (nSPS) is 22.0. The number of benzene rings is 1. The van der Waals surface area contributed by atoms with Crippen LogP contribution >= 0.6 is 0 Å². The lowest BCUT2D eigenvalue weighted by atomic mass is 9.92. The summed E-state index contributed by atoms with van der Waals surface area (Å²) >= 11 is 0. The largest absolute Gasteiger partial charge is 0.493 e. The Labute approximate surface area is 179 Å². The number of halogens is 4. The van der Waals surface area contributed by atoms with Crippen molar-refractivity contribution in [2.75, 3.05) is 26.3 Å². The van der Waals surface area contributed by atoms with Gasteiger partial charge in [0, 0.05) is 25.1 Å². The topological polar surface area (TPSA) is 137 Å². The summed E-state index contributed by atoms with van der Waals surface area (Å²) in [6.07, 6.45) is -3.83. The lowest BCUT2D eigenvalue weighted by Crippen LogP contribution is -2.44. The first-order valence-electron chi connectivity index (χ1n) is 8.96. The zero-order valence-corrected chi connectivity index (χ0v) is 16.9. The van der Waals surface area contributed by atoms with Crippen LogP contribution in [0.2, 0.25) is 0 Å². The maximum atomic E-state index is 13.7. The summed E-state index contributed by atoms with van der Waals surface area (Å²) in [5.41, 5.74) is -2.13. The number of ether oxygens (including phenoxy) is 1. The molecule has 0 radical (unpaired) electrons. The number of nitrogens with zero attached hydrogens (tertiary/aromatic N) is 4. The minimum absolute atomic E-state index is 0.0132. The van der Waals surface area contributed by atoms with Crippen LogP contribution in [-0.2, 0) is 16.2 Å². The van der Waals surface area contributed by atoms with Crippen LogP contribution in [0, 0.1) is 23.1 Å². The summed E-state index contributed by atoms with van der Waals surface area (Å²) in [7, 11) is -4.40. The first-order valence-corrected chi connectivity index (χ1v) is 10.4. The van der Waals surface area contributed by atoms with Crippen LogP contribution in [0.1, 0.15) is 11.4 Å². The third kappa shape index (κ3) is 4.65. The zero-order chi connectivity index (χ0) is 23.7. The fourth-order valence-corrected chi connectivity index (χ4v) is 4.54. The van der Waals surface area contributed by atoms with Crippen molar-refractivity contribution >= 4 is 10.0 Å². The third-order valence-electron chi connectivity index (χ3n) is 4.94. The Morgan fingerprint density at radius 3 is 2.50 bits per heavy atom. The molecule has 14 heteroatoms. The summed E-state index contributed by atoms with van der Waals surface area (Å²) in [5, 5.41) is 29.0. The van der Waals surface area contributed by atoms with E-state index in [4.69, 9.17) is 10.00 Å². The number of aliphatic hydroxyl groups is 2. The highest BCUT2D eigenvalue weighted by Gasteiger charge is 2.49. The van der Waals surface area contributed by atoms with Crippen LogP contribution in [0.25, 0.3) is 0 Å². The van der Waals surface area contributed by atoms with E-state index in [0.29, 0.717) is 12.4 Å². The highest BCUT2D eigenvalue weighted by atomic mass is 32.2. The van der Waals surface area contributed by atoms with Crippen molar-refractivity contribution in [1.29, 1.82) is 5.26 Å². The van der Waals surface area contributed by atoms with Gasteiger partial charge >= 0.3 is 6.18 Å². The monoisotopic (exact) mass is 476 g/mol. The molecule has 9 nitrogen and oxygen atoms in total. The van der Waals surface area contributed by atoms with Crippen molar-refractivity contribution < 1.29 is 40.9 Å². The number of sulfonamides is 1. The van der Waals surface area contributed by atoms with Crippen molar-refractivity contribution in [3.8, 4) is 11.8 Å². The van der Waals surface area contributed by atoms with Gasteiger partial charge in [-0.15, -0.1) is 0 Å². The van der Waals surface area contributed by atoms with Gasteiger partial charge in [0.1, 0.15) is 28.1 Å². The predicted molar refractivity (Wildman–Crippen MR) is 97.9 cm³/mol. The predicted octanol–water partition coefficient (Wildman–Crippen LogP) is 0.929. The van der Waals surface area contributed by atoms with E-state index in [1.54, 1.807) is 6.07 Å². The summed E-state index contributed by atoms with van der Waals surface area (Å²) in [6.45, 7) is -2.07. The minimum Gasteiger partial charge on any atom is -0.493 e. The van der Waals surface area contributed by atoms with Crippen molar-refractivity contribution in [2.24, 2.45) is 5.92 Å². The molecule has 2 heterocycles. The van der Waals surface area contributed by atoms with Crippen molar-refractivity contribution in [2.45, 2.75) is 16.7 Å². The second-order valence-electron chi connectivity index (χ2n) is 7.06. The number of rotatable bonds is 6. The maximum absolute atomic E-state index is 13.7. The van der Waals surface area contributed by atoms with Crippen LogP contribution in [0.15, 0.2) is 35.5 Å².